The number of hydrogen-bond acceptors (Lipinski definition) is 4. The minimum absolute atomic E-state index is 0.736. The van der Waals surface area contributed by atoms with Gasteiger partial charge in [0.15, 0.2) is 0 Å². The summed E-state index contributed by atoms with van der Waals surface area (Å²) < 4.78 is 0. The fourth-order valence-corrected chi connectivity index (χ4v) is 3.82. The number of nitrogens with one attached hydrogen (secondary N) is 1. The maximum Gasteiger partial charge on any atom is 0.143 e. The number of aromatic nitrogens is 2. The Morgan fingerprint density at radius 2 is 1.80 bits per heavy atom. The van der Waals surface area contributed by atoms with Gasteiger partial charge in [0, 0.05) is 21.7 Å². The second-order valence-electron chi connectivity index (χ2n) is 6.01. The quantitative estimate of drug-likeness (QED) is 0.458. The van der Waals surface area contributed by atoms with Crippen LogP contribution in [0.2, 0.25) is 5.02 Å². The Bertz CT molecular complexity index is 1050. The lowest BCUT2D eigenvalue weighted by molar-refractivity contribution is 1.23. The Hall–Kier alpha value is -2.43. The Kier molecular flexibility index (Phi) is 4.15. The van der Waals surface area contributed by atoms with Crippen molar-refractivity contribution in [2.75, 3.05) is 5.32 Å². The zero-order valence-electron chi connectivity index (χ0n) is 13.9. The van der Waals surface area contributed by atoms with E-state index in [0.29, 0.717) is 0 Å². The van der Waals surface area contributed by atoms with Gasteiger partial charge in [-0.2, -0.15) is 0 Å². The van der Waals surface area contributed by atoms with Crippen molar-refractivity contribution in [1.82, 2.24) is 9.97 Å². The third-order valence-corrected chi connectivity index (χ3v) is 5.46. The van der Waals surface area contributed by atoms with Crippen molar-refractivity contribution in [3.05, 3.63) is 70.3 Å². The summed E-state index contributed by atoms with van der Waals surface area (Å²) >= 11 is 7.87. The van der Waals surface area contributed by atoms with Crippen molar-refractivity contribution < 1.29 is 0 Å². The molecule has 2 aromatic carbocycles. The first kappa shape index (κ1) is 16.1. The summed E-state index contributed by atoms with van der Waals surface area (Å²) in [4.78, 5) is 9.86. The minimum Gasteiger partial charge on any atom is -0.340 e. The van der Waals surface area contributed by atoms with Crippen molar-refractivity contribution in [3.8, 4) is 11.1 Å². The van der Waals surface area contributed by atoms with Crippen LogP contribution in [0.4, 0.5) is 11.5 Å². The van der Waals surface area contributed by atoms with Gasteiger partial charge in [-0.25, -0.2) is 9.97 Å². The van der Waals surface area contributed by atoms with Crippen LogP contribution in [0.25, 0.3) is 21.3 Å². The van der Waals surface area contributed by atoms with Gasteiger partial charge < -0.3 is 5.32 Å². The van der Waals surface area contributed by atoms with Crippen LogP contribution < -0.4 is 5.32 Å². The number of anilines is 2. The van der Waals surface area contributed by atoms with Gasteiger partial charge in [-0.1, -0.05) is 47.5 Å². The molecule has 124 valence electrons. The predicted molar refractivity (Wildman–Crippen MR) is 107 cm³/mol. The van der Waals surface area contributed by atoms with Crippen LogP contribution in [0, 0.1) is 13.8 Å². The van der Waals surface area contributed by atoms with Gasteiger partial charge in [-0.05, 0) is 37.1 Å². The van der Waals surface area contributed by atoms with E-state index in [4.69, 9.17) is 11.6 Å². The molecular weight excluding hydrogens is 350 g/mol. The summed E-state index contributed by atoms with van der Waals surface area (Å²) in [6, 6.07) is 14.4. The maximum atomic E-state index is 6.25. The molecule has 4 rings (SSSR count). The molecule has 0 spiro atoms. The molecule has 25 heavy (non-hydrogen) atoms. The van der Waals surface area contributed by atoms with E-state index in [2.05, 4.69) is 51.9 Å². The highest BCUT2D eigenvalue weighted by Gasteiger charge is 2.13. The molecule has 0 atom stereocenters. The number of nitrogens with zero attached hydrogens (tertiary/aromatic N) is 2. The van der Waals surface area contributed by atoms with E-state index in [0.717, 1.165) is 43.4 Å². The average Bonchev–Trinajstić information content (AvgIpc) is 3.04. The molecule has 0 aliphatic carbocycles. The molecule has 3 nitrogen and oxygen atoms in total. The zero-order valence-corrected chi connectivity index (χ0v) is 15.4. The molecule has 1 N–H and O–H groups in total. The molecule has 2 aromatic heterocycles. The zero-order chi connectivity index (χ0) is 17.4. The maximum absolute atomic E-state index is 6.25. The van der Waals surface area contributed by atoms with E-state index in [9.17, 15) is 0 Å². The van der Waals surface area contributed by atoms with Crippen LogP contribution >= 0.6 is 22.9 Å². The van der Waals surface area contributed by atoms with Crippen molar-refractivity contribution in [3.63, 3.8) is 0 Å². The van der Waals surface area contributed by atoms with E-state index in [-0.39, 0.29) is 0 Å². The highest BCUT2D eigenvalue weighted by atomic mass is 35.5. The number of thiophene rings is 1. The second-order valence-corrected chi connectivity index (χ2v) is 7.27. The highest BCUT2D eigenvalue weighted by Crippen LogP contribution is 2.37. The topological polar surface area (TPSA) is 37.8 Å². The summed E-state index contributed by atoms with van der Waals surface area (Å²) in [7, 11) is 0. The number of benzene rings is 2. The standard InChI is InChI=1S/C20H16ClN3S/c1-12-3-6-14(7-4-12)16-10-25-20-18(16)19(22-11-23-20)24-15-8-5-13(2)17(21)9-15/h3-11H,1-2H3,(H,22,23,24). The smallest absolute Gasteiger partial charge is 0.143 e. The SMILES string of the molecule is Cc1ccc(-c2csc3ncnc(Nc4ccc(C)c(Cl)c4)c23)cc1. The number of hydrogen-bond donors (Lipinski definition) is 1. The molecule has 0 amide bonds. The Morgan fingerprint density at radius 3 is 2.56 bits per heavy atom. The highest BCUT2D eigenvalue weighted by molar-refractivity contribution is 7.17. The third kappa shape index (κ3) is 3.11. The second kappa shape index (κ2) is 6.47. The summed E-state index contributed by atoms with van der Waals surface area (Å²) in [6.07, 6.45) is 1.59. The molecule has 0 aliphatic rings. The molecule has 5 heteroatoms. The van der Waals surface area contributed by atoms with Crippen LogP contribution in [0.5, 0.6) is 0 Å². The Morgan fingerprint density at radius 1 is 1.00 bits per heavy atom. The molecule has 0 saturated carbocycles. The van der Waals surface area contributed by atoms with Crippen LogP contribution in [0.3, 0.4) is 0 Å². The molecule has 2 heterocycles. The molecule has 4 aromatic rings. The Labute approximate surface area is 155 Å². The third-order valence-electron chi connectivity index (χ3n) is 4.17. The molecule has 0 radical (unpaired) electrons. The molecule has 0 aliphatic heterocycles. The van der Waals surface area contributed by atoms with Gasteiger partial charge in [0.2, 0.25) is 0 Å². The van der Waals surface area contributed by atoms with Gasteiger partial charge in [0.05, 0.1) is 5.39 Å². The number of halogens is 1. The molecular formula is C20H16ClN3S. The molecule has 0 unspecified atom stereocenters. The summed E-state index contributed by atoms with van der Waals surface area (Å²) in [5.74, 6) is 0.793. The molecule has 0 saturated heterocycles. The number of aryl methyl sites for hydroxylation is 2. The number of fused-ring (bicyclic) bond motifs is 1. The summed E-state index contributed by atoms with van der Waals surface area (Å²) in [5, 5.41) is 7.30. The number of rotatable bonds is 3. The monoisotopic (exact) mass is 365 g/mol. The van der Waals surface area contributed by atoms with Gasteiger partial charge in [0.1, 0.15) is 17.0 Å². The van der Waals surface area contributed by atoms with E-state index in [1.165, 1.54) is 5.56 Å². The van der Waals surface area contributed by atoms with Crippen LogP contribution in [0.15, 0.2) is 54.2 Å². The first-order chi connectivity index (χ1) is 12.1. The first-order valence-corrected chi connectivity index (χ1v) is 9.20. The van der Waals surface area contributed by atoms with Crippen molar-refractivity contribution in [1.29, 1.82) is 0 Å². The fraction of sp³-hybridized carbons (Fsp3) is 0.100. The van der Waals surface area contributed by atoms with Crippen LogP contribution in [-0.4, -0.2) is 9.97 Å². The lowest BCUT2D eigenvalue weighted by Gasteiger charge is -2.10. The van der Waals surface area contributed by atoms with E-state index < -0.39 is 0 Å². The van der Waals surface area contributed by atoms with E-state index >= 15 is 0 Å². The minimum atomic E-state index is 0.736. The predicted octanol–water partition coefficient (Wildman–Crippen LogP) is 6.37. The van der Waals surface area contributed by atoms with Crippen molar-refractivity contribution >= 4 is 44.7 Å². The lowest BCUT2D eigenvalue weighted by atomic mass is 10.0. The molecule has 0 fully saturated rings. The Balaban J connectivity index is 1.82. The van der Waals surface area contributed by atoms with E-state index in [1.54, 1.807) is 17.7 Å². The summed E-state index contributed by atoms with van der Waals surface area (Å²) in [5.41, 5.74) is 5.51. The van der Waals surface area contributed by atoms with Gasteiger partial charge in [-0.3, -0.25) is 0 Å². The van der Waals surface area contributed by atoms with Crippen molar-refractivity contribution in [2.24, 2.45) is 0 Å². The average molecular weight is 366 g/mol. The fourth-order valence-electron chi connectivity index (χ4n) is 2.72. The van der Waals surface area contributed by atoms with E-state index in [1.807, 2.05) is 25.1 Å². The van der Waals surface area contributed by atoms with Crippen molar-refractivity contribution in [2.45, 2.75) is 13.8 Å². The first-order valence-electron chi connectivity index (χ1n) is 7.94. The van der Waals surface area contributed by atoms with Crippen LogP contribution in [-0.2, 0) is 0 Å². The molecule has 0 bridgehead atoms. The van der Waals surface area contributed by atoms with Gasteiger partial charge in [-0.15, -0.1) is 11.3 Å². The van der Waals surface area contributed by atoms with Gasteiger partial charge >= 0.3 is 0 Å². The lowest BCUT2D eigenvalue weighted by Crippen LogP contribution is -1.96. The van der Waals surface area contributed by atoms with Gasteiger partial charge in [0.25, 0.3) is 0 Å². The summed E-state index contributed by atoms with van der Waals surface area (Å²) in [6.45, 7) is 4.08. The largest absolute Gasteiger partial charge is 0.340 e. The van der Waals surface area contributed by atoms with Crippen LogP contribution in [0.1, 0.15) is 11.1 Å². The normalized spacial score (nSPS) is 11.0.